The highest BCUT2D eigenvalue weighted by Crippen LogP contribution is 2.44. The van der Waals surface area contributed by atoms with E-state index in [2.05, 4.69) is 0 Å². The van der Waals surface area contributed by atoms with E-state index in [-0.39, 0.29) is 18.7 Å². The average molecular weight is 198 g/mol. The van der Waals surface area contributed by atoms with Crippen molar-refractivity contribution in [1.82, 2.24) is 0 Å². The maximum Gasteiger partial charge on any atom is 0.306 e. The molecule has 1 heterocycles. The number of aliphatic hydroxyl groups is 1. The molecule has 1 aliphatic heterocycles. The molecule has 0 unspecified atom stereocenters. The predicted molar refractivity (Wildman–Crippen MR) is 51.6 cm³/mol. The van der Waals surface area contributed by atoms with Crippen LogP contribution in [0.25, 0.3) is 0 Å². The summed E-state index contributed by atoms with van der Waals surface area (Å²) in [5.41, 5.74) is 0. The fourth-order valence-electron chi connectivity index (χ4n) is 2.32. The van der Waals surface area contributed by atoms with E-state index in [1.165, 1.54) is 0 Å². The summed E-state index contributed by atoms with van der Waals surface area (Å²) in [6.45, 7) is 0.249. The van der Waals surface area contributed by atoms with Gasteiger partial charge in [0.25, 0.3) is 0 Å². The molecule has 0 aromatic rings. The van der Waals surface area contributed by atoms with Crippen LogP contribution in [0, 0.1) is 11.8 Å². The van der Waals surface area contributed by atoms with Gasteiger partial charge in [-0.1, -0.05) is 6.42 Å². The van der Waals surface area contributed by atoms with Crippen LogP contribution in [0.3, 0.4) is 0 Å². The van der Waals surface area contributed by atoms with E-state index in [0.717, 1.165) is 32.1 Å². The Morgan fingerprint density at radius 1 is 1.36 bits per heavy atom. The zero-order chi connectivity index (χ0) is 9.97. The largest absolute Gasteiger partial charge is 0.462 e. The predicted octanol–water partition coefficient (Wildman–Crippen LogP) is 1.49. The molecule has 0 aromatic carbocycles. The Morgan fingerprint density at radius 3 is 2.93 bits per heavy atom. The second-order valence-electron chi connectivity index (χ2n) is 4.47. The highest BCUT2D eigenvalue weighted by molar-refractivity contribution is 5.69. The van der Waals surface area contributed by atoms with Gasteiger partial charge in [0.2, 0.25) is 0 Å². The van der Waals surface area contributed by atoms with Crippen molar-refractivity contribution in [2.45, 2.75) is 44.6 Å². The number of rotatable bonds is 2. The van der Waals surface area contributed by atoms with Gasteiger partial charge < -0.3 is 9.84 Å². The van der Waals surface area contributed by atoms with Crippen LogP contribution < -0.4 is 0 Å². The molecule has 0 spiro atoms. The Bertz CT molecular complexity index is 215. The van der Waals surface area contributed by atoms with Gasteiger partial charge in [-0.2, -0.15) is 0 Å². The Kier molecular flexibility index (Phi) is 3.06. The van der Waals surface area contributed by atoms with Crippen molar-refractivity contribution in [1.29, 1.82) is 0 Å². The van der Waals surface area contributed by atoms with Gasteiger partial charge in [-0.05, 0) is 31.6 Å². The minimum Gasteiger partial charge on any atom is -0.462 e. The van der Waals surface area contributed by atoms with Gasteiger partial charge in [0.15, 0.2) is 0 Å². The topological polar surface area (TPSA) is 46.5 Å². The van der Waals surface area contributed by atoms with Gasteiger partial charge in [-0.15, -0.1) is 0 Å². The molecule has 3 heteroatoms. The summed E-state index contributed by atoms with van der Waals surface area (Å²) in [6, 6.07) is 0. The lowest BCUT2D eigenvalue weighted by atomic mass is 10.0. The third-order valence-corrected chi connectivity index (χ3v) is 3.34. The number of cyclic esters (lactones) is 1. The van der Waals surface area contributed by atoms with Crippen LogP contribution in [0.2, 0.25) is 0 Å². The van der Waals surface area contributed by atoms with E-state index in [4.69, 9.17) is 9.84 Å². The van der Waals surface area contributed by atoms with E-state index < -0.39 is 0 Å². The molecule has 1 saturated heterocycles. The molecule has 1 N–H and O–H groups in total. The molecule has 3 atom stereocenters. The van der Waals surface area contributed by atoms with Gasteiger partial charge in [-0.3, -0.25) is 4.79 Å². The molecule has 2 rings (SSSR count). The molecule has 0 aromatic heterocycles. The summed E-state index contributed by atoms with van der Waals surface area (Å²) in [5, 5.41) is 8.96. The van der Waals surface area contributed by atoms with Crippen LogP contribution in [0.1, 0.15) is 38.5 Å². The Labute approximate surface area is 84.4 Å². The first-order valence-corrected chi connectivity index (χ1v) is 5.61. The summed E-state index contributed by atoms with van der Waals surface area (Å²) in [4.78, 5) is 11.3. The van der Waals surface area contributed by atoms with Crippen molar-refractivity contribution in [3.05, 3.63) is 0 Å². The van der Waals surface area contributed by atoms with E-state index in [1.807, 2.05) is 0 Å². The van der Waals surface area contributed by atoms with Gasteiger partial charge in [0, 0.05) is 18.9 Å². The highest BCUT2D eigenvalue weighted by Gasteiger charge is 2.44. The fraction of sp³-hybridized carbons (Fsp3) is 0.909. The number of aliphatic hydroxyl groups excluding tert-OH is 1. The van der Waals surface area contributed by atoms with Crippen LogP contribution in [0.5, 0.6) is 0 Å². The number of esters is 1. The monoisotopic (exact) mass is 198 g/mol. The standard InChI is InChI=1S/C11H18O3/c12-7-8-6-9(8)10-4-2-1-3-5-11(13)14-10/h8-10,12H,1-7H2/t8-,9+,10-/m0/s1. The molecule has 1 saturated carbocycles. The van der Waals surface area contributed by atoms with E-state index >= 15 is 0 Å². The van der Waals surface area contributed by atoms with E-state index in [1.54, 1.807) is 0 Å². The summed E-state index contributed by atoms with van der Waals surface area (Å²) in [6.07, 6.45) is 5.97. The molecule has 0 bridgehead atoms. The summed E-state index contributed by atoms with van der Waals surface area (Å²) in [7, 11) is 0. The molecule has 3 nitrogen and oxygen atoms in total. The van der Waals surface area contributed by atoms with Gasteiger partial charge >= 0.3 is 5.97 Å². The molecule has 2 fully saturated rings. The van der Waals surface area contributed by atoms with Crippen molar-refractivity contribution in [3.63, 3.8) is 0 Å². The number of carbonyl (C=O) groups excluding carboxylic acids is 1. The van der Waals surface area contributed by atoms with Crippen LogP contribution in [0.4, 0.5) is 0 Å². The Hall–Kier alpha value is -0.570. The zero-order valence-electron chi connectivity index (χ0n) is 8.45. The molecule has 14 heavy (non-hydrogen) atoms. The van der Waals surface area contributed by atoms with Crippen LogP contribution in [0.15, 0.2) is 0 Å². The summed E-state index contributed by atoms with van der Waals surface area (Å²) in [5.74, 6) is 0.799. The van der Waals surface area contributed by atoms with Gasteiger partial charge in [0.05, 0.1) is 0 Å². The maximum absolute atomic E-state index is 11.3. The summed E-state index contributed by atoms with van der Waals surface area (Å²) < 4.78 is 5.40. The quantitative estimate of drug-likeness (QED) is 0.684. The zero-order valence-corrected chi connectivity index (χ0v) is 8.45. The second-order valence-corrected chi connectivity index (χ2v) is 4.47. The third kappa shape index (κ3) is 2.27. The van der Waals surface area contributed by atoms with Crippen LogP contribution >= 0.6 is 0 Å². The number of ether oxygens (including phenoxy) is 1. The smallest absolute Gasteiger partial charge is 0.306 e. The lowest BCUT2D eigenvalue weighted by Gasteiger charge is -2.20. The minimum absolute atomic E-state index is 0.0433. The first kappa shape index (κ1) is 9.97. The van der Waals surface area contributed by atoms with Gasteiger partial charge in [-0.25, -0.2) is 0 Å². The summed E-state index contributed by atoms with van der Waals surface area (Å²) >= 11 is 0. The van der Waals surface area contributed by atoms with Crippen LogP contribution in [-0.4, -0.2) is 23.8 Å². The number of hydrogen-bond donors (Lipinski definition) is 1. The van der Waals surface area contributed by atoms with Gasteiger partial charge in [0.1, 0.15) is 6.10 Å². The van der Waals surface area contributed by atoms with Crippen molar-refractivity contribution in [3.8, 4) is 0 Å². The molecular weight excluding hydrogens is 180 g/mol. The van der Waals surface area contributed by atoms with Crippen molar-refractivity contribution >= 4 is 5.97 Å². The minimum atomic E-state index is -0.0433. The molecule has 0 radical (unpaired) electrons. The van der Waals surface area contributed by atoms with E-state index in [9.17, 15) is 4.79 Å². The Balaban J connectivity index is 1.86. The third-order valence-electron chi connectivity index (χ3n) is 3.34. The van der Waals surface area contributed by atoms with Crippen molar-refractivity contribution in [2.24, 2.45) is 11.8 Å². The molecular formula is C11H18O3. The SMILES string of the molecule is O=C1CCCCC[C@@H]([C@@H]2C[C@H]2CO)O1. The molecule has 1 aliphatic carbocycles. The van der Waals surface area contributed by atoms with Crippen LogP contribution in [-0.2, 0) is 9.53 Å². The maximum atomic E-state index is 11.3. The van der Waals surface area contributed by atoms with E-state index in [0.29, 0.717) is 18.3 Å². The average Bonchev–Trinajstić information content (AvgIpc) is 2.90. The highest BCUT2D eigenvalue weighted by atomic mass is 16.5. The molecule has 2 aliphatic rings. The number of hydrogen-bond acceptors (Lipinski definition) is 3. The van der Waals surface area contributed by atoms with Crippen molar-refractivity contribution < 1.29 is 14.6 Å². The first-order chi connectivity index (χ1) is 6.81. The lowest BCUT2D eigenvalue weighted by Crippen LogP contribution is -2.23. The first-order valence-electron chi connectivity index (χ1n) is 5.61. The fourth-order valence-corrected chi connectivity index (χ4v) is 2.32. The second kappa shape index (κ2) is 4.30. The molecule has 0 amide bonds. The number of carbonyl (C=O) groups is 1. The normalized spacial score (nSPS) is 38.4. The Morgan fingerprint density at radius 2 is 2.21 bits per heavy atom. The lowest BCUT2D eigenvalue weighted by molar-refractivity contribution is -0.151. The van der Waals surface area contributed by atoms with Crippen molar-refractivity contribution in [2.75, 3.05) is 6.61 Å². The molecule has 80 valence electrons.